The lowest BCUT2D eigenvalue weighted by molar-refractivity contribution is 0.186. The number of hydrogen-bond donors (Lipinski definition) is 0. The van der Waals surface area contributed by atoms with Gasteiger partial charge >= 0.3 is 0 Å². The summed E-state index contributed by atoms with van der Waals surface area (Å²) in [6, 6.07) is 15.6. The topological polar surface area (TPSA) is 44.2 Å². The van der Waals surface area contributed by atoms with E-state index in [1.807, 2.05) is 55.7 Å². The van der Waals surface area contributed by atoms with Crippen LogP contribution in [0.25, 0.3) is 22.5 Å². The zero-order valence-corrected chi connectivity index (χ0v) is 23.3. The van der Waals surface area contributed by atoms with Crippen molar-refractivity contribution in [3.63, 3.8) is 0 Å². The quantitative estimate of drug-likeness (QED) is 0.148. The average molecular weight is 521 g/mol. The summed E-state index contributed by atoms with van der Waals surface area (Å²) in [5, 5.41) is 0. The predicted octanol–water partition coefficient (Wildman–Crippen LogP) is 9.63. The number of unbranched alkanes of at least 4 members (excludes halogenated alkanes) is 9. The minimum absolute atomic E-state index is 0.0848. The highest BCUT2D eigenvalue weighted by atomic mass is 19.1. The van der Waals surface area contributed by atoms with Gasteiger partial charge in [-0.2, -0.15) is 0 Å². The van der Waals surface area contributed by atoms with Crippen molar-refractivity contribution >= 4 is 0 Å². The van der Waals surface area contributed by atoms with Crippen LogP contribution in [0.4, 0.5) is 4.39 Å². The lowest BCUT2D eigenvalue weighted by Gasteiger charge is -2.10. The fourth-order valence-electron chi connectivity index (χ4n) is 4.43. The van der Waals surface area contributed by atoms with Gasteiger partial charge in [-0.25, -0.2) is 14.4 Å². The molecule has 4 nitrogen and oxygen atoms in total. The number of alkyl halides is 1. The Kier molecular flexibility index (Phi) is 13.7. The SMILES string of the molecule is CCCCCCCCCCCCOc1ccc(-c2cnc(-c3ccc(OCC(F)CCC)cc3)nc2)cc1. The van der Waals surface area contributed by atoms with Crippen LogP contribution in [-0.4, -0.2) is 29.4 Å². The van der Waals surface area contributed by atoms with Crippen molar-refractivity contribution in [2.24, 2.45) is 0 Å². The summed E-state index contributed by atoms with van der Waals surface area (Å²) >= 11 is 0. The second kappa shape index (κ2) is 17.5. The molecule has 3 aromatic rings. The molecule has 3 rings (SSSR count). The summed E-state index contributed by atoms with van der Waals surface area (Å²) in [5.74, 6) is 2.20. The van der Waals surface area contributed by atoms with E-state index in [0.717, 1.165) is 41.9 Å². The summed E-state index contributed by atoms with van der Waals surface area (Å²) in [6.45, 7) is 5.09. The van der Waals surface area contributed by atoms with Crippen molar-refractivity contribution in [3.8, 4) is 34.0 Å². The van der Waals surface area contributed by atoms with E-state index >= 15 is 0 Å². The standard InChI is InChI=1S/C33H45FN2O2/c1-3-5-6-7-8-9-10-11-12-13-23-37-31-19-15-27(16-20-31)29-24-35-33(36-25-29)28-17-21-32(22-18-28)38-26-30(34)14-4-2/h15-22,24-25,30H,3-14,23,26H2,1-2H3. The van der Waals surface area contributed by atoms with Crippen molar-refractivity contribution in [2.45, 2.75) is 97.1 Å². The van der Waals surface area contributed by atoms with Crippen molar-refractivity contribution in [1.29, 1.82) is 0 Å². The first-order chi connectivity index (χ1) is 18.7. The predicted molar refractivity (Wildman–Crippen MR) is 156 cm³/mol. The Labute approximate surface area is 229 Å². The number of halogens is 1. The number of benzene rings is 2. The van der Waals surface area contributed by atoms with Crippen LogP contribution in [0.3, 0.4) is 0 Å². The molecular weight excluding hydrogens is 475 g/mol. The van der Waals surface area contributed by atoms with Crippen molar-refractivity contribution in [1.82, 2.24) is 9.97 Å². The summed E-state index contributed by atoms with van der Waals surface area (Å²) in [7, 11) is 0. The van der Waals surface area contributed by atoms with Crippen LogP contribution < -0.4 is 9.47 Å². The molecule has 0 N–H and O–H groups in total. The van der Waals surface area contributed by atoms with Crippen LogP contribution in [0.15, 0.2) is 60.9 Å². The zero-order valence-electron chi connectivity index (χ0n) is 23.3. The summed E-state index contributed by atoms with van der Waals surface area (Å²) < 4.78 is 25.1. The molecule has 0 saturated heterocycles. The minimum Gasteiger partial charge on any atom is -0.494 e. The van der Waals surface area contributed by atoms with E-state index in [9.17, 15) is 4.39 Å². The van der Waals surface area contributed by atoms with Gasteiger partial charge in [-0.05, 0) is 54.8 Å². The molecule has 206 valence electrons. The largest absolute Gasteiger partial charge is 0.494 e. The van der Waals surface area contributed by atoms with Gasteiger partial charge in [0.15, 0.2) is 5.82 Å². The van der Waals surface area contributed by atoms with E-state index < -0.39 is 6.17 Å². The van der Waals surface area contributed by atoms with E-state index in [2.05, 4.69) is 29.0 Å². The lowest BCUT2D eigenvalue weighted by Crippen LogP contribution is -2.12. The molecular formula is C33H45FN2O2. The summed E-state index contributed by atoms with van der Waals surface area (Å²) in [5.41, 5.74) is 2.91. The maximum atomic E-state index is 13.6. The Bertz CT molecular complexity index is 1010. The Morgan fingerprint density at radius 3 is 1.71 bits per heavy atom. The maximum Gasteiger partial charge on any atom is 0.159 e. The van der Waals surface area contributed by atoms with Gasteiger partial charge in [-0.15, -0.1) is 0 Å². The van der Waals surface area contributed by atoms with Gasteiger partial charge in [0.1, 0.15) is 24.3 Å². The van der Waals surface area contributed by atoms with Crippen LogP contribution in [0.5, 0.6) is 11.5 Å². The molecule has 2 aromatic carbocycles. The van der Waals surface area contributed by atoms with Gasteiger partial charge in [0.2, 0.25) is 0 Å². The highest BCUT2D eigenvalue weighted by Crippen LogP contribution is 2.24. The van der Waals surface area contributed by atoms with Crippen LogP contribution in [0, 0.1) is 0 Å². The maximum absolute atomic E-state index is 13.6. The first-order valence-electron chi connectivity index (χ1n) is 14.6. The third-order valence-corrected chi connectivity index (χ3v) is 6.75. The summed E-state index contributed by atoms with van der Waals surface area (Å²) in [6.07, 6.45) is 17.4. The molecule has 0 saturated carbocycles. The van der Waals surface area contributed by atoms with Crippen molar-refractivity contribution in [3.05, 3.63) is 60.9 Å². The lowest BCUT2D eigenvalue weighted by atomic mass is 10.1. The minimum atomic E-state index is -0.930. The van der Waals surface area contributed by atoms with Crippen LogP contribution in [0.2, 0.25) is 0 Å². The average Bonchev–Trinajstić information content (AvgIpc) is 2.96. The molecule has 1 heterocycles. The normalized spacial score (nSPS) is 11.9. The molecule has 0 fully saturated rings. The Morgan fingerprint density at radius 2 is 1.13 bits per heavy atom. The smallest absolute Gasteiger partial charge is 0.159 e. The van der Waals surface area contributed by atoms with Crippen molar-refractivity contribution < 1.29 is 13.9 Å². The van der Waals surface area contributed by atoms with Gasteiger partial charge in [-0.3, -0.25) is 0 Å². The van der Waals surface area contributed by atoms with Gasteiger partial charge in [0.25, 0.3) is 0 Å². The second-order valence-electron chi connectivity index (χ2n) is 10.1. The molecule has 0 spiro atoms. The number of hydrogen-bond acceptors (Lipinski definition) is 4. The second-order valence-corrected chi connectivity index (χ2v) is 10.1. The van der Waals surface area contributed by atoms with Gasteiger partial charge in [-0.1, -0.05) is 90.2 Å². The van der Waals surface area contributed by atoms with E-state index in [1.54, 1.807) is 0 Å². The fraction of sp³-hybridized carbons (Fsp3) is 0.515. The van der Waals surface area contributed by atoms with Gasteiger partial charge in [0.05, 0.1) is 6.61 Å². The molecule has 0 radical (unpaired) electrons. The van der Waals surface area contributed by atoms with Gasteiger partial charge in [0, 0.05) is 23.5 Å². The first-order valence-corrected chi connectivity index (χ1v) is 14.6. The molecule has 0 bridgehead atoms. The number of nitrogens with zero attached hydrogens (tertiary/aromatic N) is 2. The van der Waals surface area contributed by atoms with Crippen molar-refractivity contribution in [2.75, 3.05) is 13.2 Å². The van der Waals surface area contributed by atoms with Crippen LogP contribution in [0.1, 0.15) is 90.9 Å². The first kappa shape index (κ1) is 29.6. The van der Waals surface area contributed by atoms with E-state index in [-0.39, 0.29) is 6.61 Å². The molecule has 5 heteroatoms. The van der Waals surface area contributed by atoms with Gasteiger partial charge < -0.3 is 9.47 Å². The molecule has 0 amide bonds. The van der Waals surface area contributed by atoms with E-state index in [4.69, 9.17) is 9.47 Å². The number of rotatable bonds is 19. The Morgan fingerprint density at radius 1 is 0.605 bits per heavy atom. The fourth-order valence-corrected chi connectivity index (χ4v) is 4.43. The Hall–Kier alpha value is -2.95. The Balaban J connectivity index is 1.37. The summed E-state index contributed by atoms with van der Waals surface area (Å²) in [4.78, 5) is 9.08. The third-order valence-electron chi connectivity index (χ3n) is 6.75. The van der Waals surface area contributed by atoms with Crippen LogP contribution >= 0.6 is 0 Å². The molecule has 38 heavy (non-hydrogen) atoms. The highest BCUT2D eigenvalue weighted by Gasteiger charge is 2.08. The molecule has 0 aliphatic heterocycles. The molecule has 1 aromatic heterocycles. The molecule has 0 aliphatic carbocycles. The van der Waals surface area contributed by atoms with E-state index in [1.165, 1.54) is 57.8 Å². The van der Waals surface area contributed by atoms with Crippen LogP contribution in [-0.2, 0) is 0 Å². The molecule has 1 unspecified atom stereocenters. The monoisotopic (exact) mass is 520 g/mol. The zero-order chi connectivity index (χ0) is 26.8. The highest BCUT2D eigenvalue weighted by molar-refractivity contribution is 5.64. The molecule has 0 aliphatic rings. The number of aromatic nitrogens is 2. The number of ether oxygens (including phenoxy) is 2. The van der Waals surface area contributed by atoms with E-state index in [0.29, 0.717) is 18.0 Å². The molecule has 1 atom stereocenters. The third kappa shape index (κ3) is 10.8.